The molecule has 5 nitrogen and oxygen atoms in total. The number of benzene rings is 3. The minimum atomic E-state index is -3.62. The molecule has 152 valence electrons. The van der Waals surface area contributed by atoms with Crippen LogP contribution in [0.3, 0.4) is 0 Å². The summed E-state index contributed by atoms with van der Waals surface area (Å²) < 4.78 is 25.9. The lowest BCUT2D eigenvalue weighted by Gasteiger charge is -2.23. The second-order valence-corrected chi connectivity index (χ2v) is 9.19. The Kier molecular flexibility index (Phi) is 6.77. The molecule has 3 aromatic rings. The summed E-state index contributed by atoms with van der Waals surface area (Å²) in [6, 6.07) is 20.5. The summed E-state index contributed by atoms with van der Waals surface area (Å²) in [5.74, 6) is -0.334. The molecule has 0 saturated carbocycles. The van der Waals surface area contributed by atoms with Crippen LogP contribution in [0.5, 0.6) is 0 Å². The first-order valence-electron chi connectivity index (χ1n) is 9.31. The van der Waals surface area contributed by atoms with Gasteiger partial charge in [-0.3, -0.25) is 9.10 Å². The molecule has 0 fully saturated rings. The van der Waals surface area contributed by atoms with Crippen molar-refractivity contribution in [1.82, 2.24) is 5.32 Å². The zero-order valence-corrected chi connectivity index (χ0v) is 17.7. The molecule has 0 saturated heterocycles. The molecule has 0 aliphatic carbocycles. The van der Waals surface area contributed by atoms with Crippen LogP contribution in [0.25, 0.3) is 10.8 Å². The number of halogens is 1. The second-order valence-electron chi connectivity index (χ2n) is 6.85. The number of anilines is 1. The van der Waals surface area contributed by atoms with Crippen molar-refractivity contribution in [2.24, 2.45) is 0 Å². The Balaban J connectivity index is 1.64. The number of rotatable bonds is 8. The third-order valence-corrected chi connectivity index (χ3v) is 5.98. The number of hydrogen-bond donors (Lipinski definition) is 1. The van der Waals surface area contributed by atoms with Crippen LogP contribution in [0, 0.1) is 0 Å². The average Bonchev–Trinajstić information content (AvgIpc) is 2.69. The van der Waals surface area contributed by atoms with Crippen LogP contribution < -0.4 is 9.62 Å². The fraction of sp³-hybridized carbons (Fsp3) is 0.227. The van der Waals surface area contributed by atoms with Gasteiger partial charge in [0.2, 0.25) is 15.9 Å². The largest absolute Gasteiger partial charge is 0.355 e. The number of nitrogens with zero attached hydrogens (tertiary/aromatic N) is 1. The van der Waals surface area contributed by atoms with Crippen molar-refractivity contribution >= 4 is 44.0 Å². The van der Waals surface area contributed by atoms with Gasteiger partial charge in [0.05, 0.1) is 11.9 Å². The Morgan fingerprint density at radius 1 is 1.00 bits per heavy atom. The van der Waals surface area contributed by atoms with Crippen molar-refractivity contribution in [3.63, 3.8) is 0 Å². The molecule has 29 heavy (non-hydrogen) atoms. The van der Waals surface area contributed by atoms with E-state index in [9.17, 15) is 13.2 Å². The lowest BCUT2D eigenvalue weighted by molar-refractivity contribution is -0.119. The van der Waals surface area contributed by atoms with E-state index in [0.717, 1.165) is 39.7 Å². The highest BCUT2D eigenvalue weighted by Gasteiger charge is 2.22. The maximum atomic E-state index is 12.4. The molecule has 1 amide bonds. The number of amides is 1. The molecule has 7 heteroatoms. The van der Waals surface area contributed by atoms with Crippen molar-refractivity contribution in [3.05, 3.63) is 77.3 Å². The van der Waals surface area contributed by atoms with E-state index in [4.69, 9.17) is 11.6 Å². The Morgan fingerprint density at radius 2 is 1.69 bits per heavy atom. The topological polar surface area (TPSA) is 66.5 Å². The van der Waals surface area contributed by atoms with Crippen LogP contribution in [0.4, 0.5) is 5.69 Å². The van der Waals surface area contributed by atoms with Crippen molar-refractivity contribution in [1.29, 1.82) is 0 Å². The molecule has 0 aliphatic rings. The van der Waals surface area contributed by atoms with Gasteiger partial charge in [-0.2, -0.15) is 0 Å². The van der Waals surface area contributed by atoms with E-state index in [0.29, 0.717) is 17.3 Å². The number of carbonyl (C=O) groups excluding carboxylic acids is 1. The zero-order valence-electron chi connectivity index (χ0n) is 16.1. The third kappa shape index (κ3) is 5.71. The fourth-order valence-corrected chi connectivity index (χ4v) is 4.16. The summed E-state index contributed by atoms with van der Waals surface area (Å²) >= 11 is 5.88. The SMILES string of the molecule is CS(=O)(=O)N(CC(=O)NCCCc1ccc(Cl)cc1)c1cccc2ccccc12. The van der Waals surface area contributed by atoms with Crippen LogP contribution in [0.15, 0.2) is 66.7 Å². The maximum Gasteiger partial charge on any atom is 0.240 e. The molecule has 0 radical (unpaired) electrons. The number of carbonyl (C=O) groups is 1. The lowest BCUT2D eigenvalue weighted by atomic mass is 10.1. The van der Waals surface area contributed by atoms with Crippen molar-refractivity contribution in [3.8, 4) is 0 Å². The van der Waals surface area contributed by atoms with E-state index in [1.165, 1.54) is 0 Å². The predicted molar refractivity (Wildman–Crippen MR) is 119 cm³/mol. The van der Waals surface area contributed by atoms with Gasteiger partial charge < -0.3 is 5.32 Å². The van der Waals surface area contributed by atoms with E-state index in [1.807, 2.05) is 54.6 Å². The smallest absolute Gasteiger partial charge is 0.240 e. The molecule has 0 atom stereocenters. The summed E-state index contributed by atoms with van der Waals surface area (Å²) in [5.41, 5.74) is 1.64. The fourth-order valence-electron chi connectivity index (χ4n) is 3.16. The molecule has 0 aliphatic heterocycles. The van der Waals surface area contributed by atoms with E-state index >= 15 is 0 Å². The highest BCUT2D eigenvalue weighted by Crippen LogP contribution is 2.28. The maximum absolute atomic E-state index is 12.4. The molecule has 0 bridgehead atoms. The number of nitrogens with one attached hydrogen (secondary N) is 1. The third-order valence-electron chi connectivity index (χ3n) is 4.60. The summed E-state index contributed by atoms with van der Waals surface area (Å²) in [7, 11) is -3.62. The van der Waals surface area contributed by atoms with Gasteiger partial charge in [-0.25, -0.2) is 8.42 Å². The second kappa shape index (κ2) is 9.29. The van der Waals surface area contributed by atoms with Gasteiger partial charge in [0.15, 0.2) is 0 Å². The Morgan fingerprint density at radius 3 is 2.41 bits per heavy atom. The molecule has 0 spiro atoms. The molecular formula is C22H23ClN2O3S. The van der Waals surface area contributed by atoms with E-state index in [2.05, 4.69) is 5.32 Å². The Hall–Kier alpha value is -2.57. The van der Waals surface area contributed by atoms with Crippen LogP contribution in [0.1, 0.15) is 12.0 Å². The van der Waals surface area contributed by atoms with Crippen molar-refractivity contribution in [2.45, 2.75) is 12.8 Å². The molecule has 0 aromatic heterocycles. The van der Waals surface area contributed by atoms with E-state index in [1.54, 1.807) is 12.1 Å². The number of sulfonamides is 1. The number of hydrogen-bond acceptors (Lipinski definition) is 3. The number of fused-ring (bicyclic) bond motifs is 1. The van der Waals surface area contributed by atoms with Gasteiger partial charge in [0, 0.05) is 17.0 Å². The first-order valence-corrected chi connectivity index (χ1v) is 11.5. The van der Waals surface area contributed by atoms with E-state index in [-0.39, 0.29) is 12.5 Å². The van der Waals surface area contributed by atoms with Crippen molar-refractivity contribution in [2.75, 3.05) is 23.7 Å². The average molecular weight is 431 g/mol. The normalized spacial score (nSPS) is 11.4. The van der Waals surface area contributed by atoms with Gasteiger partial charge in [-0.05, 0) is 42.0 Å². The van der Waals surface area contributed by atoms with Crippen LogP contribution >= 0.6 is 11.6 Å². The van der Waals surface area contributed by atoms with Gasteiger partial charge in [-0.15, -0.1) is 0 Å². The Labute approximate surface area is 176 Å². The minimum absolute atomic E-state index is 0.256. The highest BCUT2D eigenvalue weighted by molar-refractivity contribution is 7.92. The predicted octanol–water partition coefficient (Wildman–Crippen LogP) is 4.01. The molecule has 1 N–H and O–H groups in total. The van der Waals surface area contributed by atoms with E-state index < -0.39 is 10.0 Å². The van der Waals surface area contributed by atoms with Crippen LogP contribution in [-0.4, -0.2) is 33.7 Å². The zero-order chi connectivity index (χ0) is 20.9. The number of aryl methyl sites for hydroxylation is 1. The molecule has 3 rings (SSSR count). The summed E-state index contributed by atoms with van der Waals surface area (Å²) in [5, 5.41) is 5.21. The van der Waals surface area contributed by atoms with Crippen LogP contribution in [0.2, 0.25) is 5.02 Å². The minimum Gasteiger partial charge on any atom is -0.355 e. The summed E-state index contributed by atoms with van der Waals surface area (Å²) in [6.07, 6.45) is 2.67. The summed E-state index contributed by atoms with van der Waals surface area (Å²) in [4.78, 5) is 12.4. The van der Waals surface area contributed by atoms with Crippen molar-refractivity contribution < 1.29 is 13.2 Å². The highest BCUT2D eigenvalue weighted by atomic mass is 35.5. The van der Waals surface area contributed by atoms with Crippen LogP contribution in [-0.2, 0) is 21.2 Å². The molecule has 0 heterocycles. The van der Waals surface area contributed by atoms with Gasteiger partial charge in [0.25, 0.3) is 0 Å². The quantitative estimate of drug-likeness (QED) is 0.549. The van der Waals surface area contributed by atoms with Gasteiger partial charge in [-0.1, -0.05) is 60.1 Å². The molecule has 0 unspecified atom stereocenters. The standard InChI is InChI=1S/C22H23ClN2O3S/c1-29(27,28)25(21-10-4-8-18-7-2-3-9-20(18)21)16-22(26)24-15-5-6-17-11-13-19(23)14-12-17/h2-4,7-14H,5-6,15-16H2,1H3,(H,24,26). The monoisotopic (exact) mass is 430 g/mol. The first kappa shape index (κ1) is 21.1. The molecule has 3 aromatic carbocycles. The lowest BCUT2D eigenvalue weighted by Crippen LogP contribution is -2.40. The van der Waals surface area contributed by atoms with Gasteiger partial charge >= 0.3 is 0 Å². The molecular weight excluding hydrogens is 408 g/mol. The Bertz CT molecular complexity index is 1090. The summed E-state index contributed by atoms with van der Waals surface area (Å²) in [6.45, 7) is 0.211. The van der Waals surface area contributed by atoms with Gasteiger partial charge in [0.1, 0.15) is 6.54 Å². The first-order chi connectivity index (χ1) is 13.8.